The Morgan fingerprint density at radius 1 is 0.951 bits per heavy atom. The summed E-state index contributed by atoms with van der Waals surface area (Å²) in [5, 5.41) is 10.7. The summed E-state index contributed by atoms with van der Waals surface area (Å²) in [6.45, 7) is 0.471. The van der Waals surface area contributed by atoms with Gasteiger partial charge < -0.3 is 13.9 Å². The first kappa shape index (κ1) is 28.8. The molecule has 0 spiro atoms. The number of halogens is 3. The minimum atomic E-state index is -0.195. The van der Waals surface area contributed by atoms with Crippen LogP contribution in [0.5, 0.6) is 11.5 Å². The fourth-order valence-electron chi connectivity index (χ4n) is 3.81. The Hall–Kier alpha value is -3.69. The average molecular weight is 627 g/mol. The summed E-state index contributed by atoms with van der Waals surface area (Å²) in [7, 11) is 1.56. The number of amides is 1. The molecular weight excluding hydrogens is 605 g/mol. The van der Waals surface area contributed by atoms with Gasteiger partial charge in [0.25, 0.3) is 5.91 Å². The predicted molar refractivity (Wildman–Crippen MR) is 165 cm³/mol. The molecule has 1 aliphatic rings. The number of rotatable bonds is 9. The summed E-state index contributed by atoms with van der Waals surface area (Å²) in [5.41, 5.74) is 2.37. The minimum Gasteiger partial charge on any atom is -0.493 e. The second-order valence-corrected chi connectivity index (χ2v) is 11.0. The van der Waals surface area contributed by atoms with Crippen LogP contribution in [0, 0.1) is 0 Å². The van der Waals surface area contributed by atoms with Crippen LogP contribution in [-0.4, -0.2) is 29.3 Å². The number of carbonyl (C=O) groups is 1. The zero-order chi connectivity index (χ0) is 28.8. The molecule has 1 saturated heterocycles. The van der Waals surface area contributed by atoms with Crippen LogP contribution in [0.25, 0.3) is 6.08 Å². The predicted octanol–water partition coefficient (Wildman–Crippen LogP) is 8.33. The molecule has 1 amide bonds. The summed E-state index contributed by atoms with van der Waals surface area (Å²) >= 11 is 19.5. The molecule has 0 saturated carbocycles. The molecule has 1 aromatic heterocycles. The van der Waals surface area contributed by atoms with Gasteiger partial charge in [-0.3, -0.25) is 9.69 Å². The number of carbonyl (C=O) groups excluding carboxylic acids is 1. The van der Waals surface area contributed by atoms with Crippen LogP contribution < -0.4 is 9.47 Å². The van der Waals surface area contributed by atoms with Gasteiger partial charge in [-0.2, -0.15) is 5.10 Å². The van der Waals surface area contributed by atoms with Crippen molar-refractivity contribution in [1.82, 2.24) is 4.90 Å². The number of furan rings is 1. The Morgan fingerprint density at radius 3 is 2.46 bits per heavy atom. The van der Waals surface area contributed by atoms with Crippen LogP contribution >= 0.6 is 46.6 Å². The third kappa shape index (κ3) is 7.34. The first-order chi connectivity index (χ1) is 19.9. The van der Waals surface area contributed by atoms with Gasteiger partial charge in [0.15, 0.2) is 16.7 Å². The number of ether oxygens (including phenoxy) is 2. The van der Waals surface area contributed by atoms with Crippen molar-refractivity contribution in [1.29, 1.82) is 0 Å². The summed E-state index contributed by atoms with van der Waals surface area (Å²) in [6, 6.07) is 21.4. The number of hydrogen-bond donors (Lipinski definition) is 0. The molecule has 0 N–H and O–H groups in total. The summed E-state index contributed by atoms with van der Waals surface area (Å²) in [6.07, 6.45) is 4.94. The molecule has 7 nitrogen and oxygen atoms in total. The van der Waals surface area contributed by atoms with E-state index in [2.05, 4.69) is 10.2 Å². The number of thioether (sulfide) groups is 1. The molecule has 5 rings (SSSR count). The fourth-order valence-corrected chi connectivity index (χ4v) is 5.34. The van der Waals surface area contributed by atoms with E-state index in [-0.39, 0.29) is 19.1 Å². The first-order valence-corrected chi connectivity index (χ1v) is 14.2. The number of methoxy groups -OCH3 is 1. The molecule has 11 heteroatoms. The molecule has 0 atom stereocenters. The highest BCUT2D eigenvalue weighted by Gasteiger charge is 2.34. The maximum atomic E-state index is 13.3. The molecule has 1 fully saturated rings. The molecule has 0 unspecified atom stereocenters. The third-order valence-corrected chi connectivity index (χ3v) is 7.72. The zero-order valence-electron chi connectivity index (χ0n) is 21.6. The van der Waals surface area contributed by atoms with Crippen molar-refractivity contribution in [2.24, 2.45) is 10.2 Å². The highest BCUT2D eigenvalue weighted by atomic mass is 35.5. The maximum absolute atomic E-state index is 13.3. The Bertz CT molecular complexity index is 1640. The van der Waals surface area contributed by atoms with Crippen LogP contribution in [0.4, 0.5) is 0 Å². The van der Waals surface area contributed by atoms with E-state index < -0.39 is 0 Å². The van der Waals surface area contributed by atoms with Crippen LogP contribution in [0.1, 0.15) is 22.5 Å². The van der Waals surface area contributed by atoms with Crippen molar-refractivity contribution < 1.29 is 18.7 Å². The smallest absolute Gasteiger partial charge is 0.267 e. The van der Waals surface area contributed by atoms with Crippen molar-refractivity contribution in [3.05, 3.63) is 121 Å². The molecule has 41 heavy (non-hydrogen) atoms. The lowest BCUT2D eigenvalue weighted by atomic mass is 10.2. The molecule has 3 aromatic carbocycles. The van der Waals surface area contributed by atoms with Crippen molar-refractivity contribution in [2.45, 2.75) is 13.2 Å². The van der Waals surface area contributed by atoms with Crippen molar-refractivity contribution in [3.63, 3.8) is 0 Å². The summed E-state index contributed by atoms with van der Waals surface area (Å²) in [5.74, 6) is 1.49. The van der Waals surface area contributed by atoms with Crippen molar-refractivity contribution >= 4 is 69.9 Å². The zero-order valence-corrected chi connectivity index (χ0v) is 24.7. The number of hydrogen-bond acceptors (Lipinski definition) is 7. The van der Waals surface area contributed by atoms with Gasteiger partial charge in [0.05, 0.1) is 31.0 Å². The van der Waals surface area contributed by atoms with Crippen LogP contribution in [0.15, 0.2) is 98.6 Å². The van der Waals surface area contributed by atoms with Crippen molar-refractivity contribution in [2.75, 3.05) is 7.11 Å². The Morgan fingerprint density at radius 2 is 1.73 bits per heavy atom. The summed E-state index contributed by atoms with van der Waals surface area (Å²) < 4.78 is 16.9. The largest absolute Gasteiger partial charge is 0.493 e. The van der Waals surface area contributed by atoms with E-state index in [9.17, 15) is 4.79 Å². The van der Waals surface area contributed by atoms with Gasteiger partial charge in [-0.05, 0) is 83.6 Å². The van der Waals surface area contributed by atoms with Gasteiger partial charge in [-0.15, -0.1) is 5.10 Å². The van der Waals surface area contributed by atoms with Gasteiger partial charge in [0, 0.05) is 20.6 Å². The molecule has 208 valence electrons. The molecule has 4 aromatic rings. The van der Waals surface area contributed by atoms with Gasteiger partial charge in [0.2, 0.25) is 0 Å². The van der Waals surface area contributed by atoms with Crippen LogP contribution in [0.2, 0.25) is 15.1 Å². The van der Waals surface area contributed by atoms with Gasteiger partial charge >= 0.3 is 0 Å². The highest BCUT2D eigenvalue weighted by Crippen LogP contribution is 2.34. The molecule has 0 bridgehead atoms. The molecule has 1 aliphatic heterocycles. The Balaban J connectivity index is 1.33. The number of benzene rings is 3. The Kier molecular flexibility index (Phi) is 9.36. The van der Waals surface area contributed by atoms with Gasteiger partial charge in [-0.1, -0.05) is 53.0 Å². The van der Waals surface area contributed by atoms with E-state index in [1.54, 1.807) is 74.2 Å². The first-order valence-electron chi connectivity index (χ1n) is 12.2. The normalized spacial score (nSPS) is 15.4. The van der Waals surface area contributed by atoms with E-state index in [1.165, 1.54) is 16.7 Å². The fraction of sp³-hybridized carbons (Fsp3) is 0.100. The van der Waals surface area contributed by atoms with E-state index in [1.807, 2.05) is 24.3 Å². The van der Waals surface area contributed by atoms with E-state index in [0.717, 1.165) is 16.7 Å². The number of amidine groups is 1. The quantitative estimate of drug-likeness (QED) is 0.106. The van der Waals surface area contributed by atoms with E-state index in [4.69, 9.17) is 48.7 Å². The maximum Gasteiger partial charge on any atom is 0.267 e. The third-order valence-electron chi connectivity index (χ3n) is 5.89. The van der Waals surface area contributed by atoms with Gasteiger partial charge in [0.1, 0.15) is 12.4 Å². The van der Waals surface area contributed by atoms with Crippen LogP contribution in [-0.2, 0) is 17.9 Å². The second kappa shape index (κ2) is 13.3. The molecule has 0 radical (unpaired) electrons. The average Bonchev–Trinajstić information content (AvgIpc) is 3.58. The van der Waals surface area contributed by atoms with Gasteiger partial charge in [-0.25, -0.2) is 0 Å². The minimum absolute atomic E-state index is 0.195. The lowest BCUT2D eigenvalue weighted by molar-refractivity contribution is -0.122. The standard InChI is InChI=1S/C30H22Cl3N3O4S/c1-38-27-13-20(6-11-26(27)40-18-21-7-10-23(32)15-25(21)33)16-34-35-30-36(17-24-3-2-12-39-24)29(37)28(41-30)14-19-4-8-22(31)9-5-19/h2-16H,17-18H2,1H3/b28-14-,34-16+,35-30-. The lowest BCUT2D eigenvalue weighted by Gasteiger charge is -2.13. The highest BCUT2D eigenvalue weighted by molar-refractivity contribution is 8.18. The number of nitrogens with zero attached hydrogens (tertiary/aromatic N) is 3. The SMILES string of the molecule is COc1cc(/C=N/N=C2\S/C(=C\c3ccc(Cl)cc3)C(=O)N2Cc2ccco2)ccc1OCc1ccc(Cl)cc1Cl. The van der Waals surface area contributed by atoms with Crippen molar-refractivity contribution in [3.8, 4) is 11.5 Å². The Labute approximate surface area is 256 Å². The lowest BCUT2D eigenvalue weighted by Crippen LogP contribution is -2.28. The summed E-state index contributed by atoms with van der Waals surface area (Å²) in [4.78, 5) is 15.3. The van der Waals surface area contributed by atoms with Crippen LogP contribution in [0.3, 0.4) is 0 Å². The molecule has 2 heterocycles. The topological polar surface area (TPSA) is 76.6 Å². The molecular formula is C30H22Cl3N3O4S. The monoisotopic (exact) mass is 625 g/mol. The second-order valence-electron chi connectivity index (χ2n) is 8.69. The molecule has 0 aliphatic carbocycles. The van der Waals surface area contributed by atoms with E-state index in [0.29, 0.717) is 42.4 Å². The van der Waals surface area contributed by atoms with E-state index >= 15 is 0 Å².